The van der Waals surface area contributed by atoms with E-state index in [1.165, 1.54) is 0 Å². The number of hydrogen-bond acceptors (Lipinski definition) is 8. The number of ether oxygens (including phenoxy) is 6. The van der Waals surface area contributed by atoms with Crippen molar-refractivity contribution < 1.29 is 28.4 Å². The number of nitrogens with zero attached hydrogens (tertiary/aromatic N) is 2. The maximum Gasteiger partial charge on any atom is 0.129 e. The van der Waals surface area contributed by atoms with E-state index in [0.29, 0.717) is 46.1 Å². The van der Waals surface area contributed by atoms with Gasteiger partial charge in [0, 0.05) is 25.4 Å². The largest absolute Gasteiger partial charge is 0.497 e. The third-order valence-electron chi connectivity index (χ3n) is 6.33. The predicted molar refractivity (Wildman–Crippen MR) is 159 cm³/mol. The lowest BCUT2D eigenvalue weighted by Gasteiger charge is -2.25. The van der Waals surface area contributed by atoms with Gasteiger partial charge in [-0.25, -0.2) is 4.98 Å². The Kier molecular flexibility index (Phi) is 11.7. The van der Waals surface area contributed by atoms with Crippen molar-refractivity contribution in [2.45, 2.75) is 19.7 Å². The first kappa shape index (κ1) is 29.7. The van der Waals surface area contributed by atoms with Gasteiger partial charge in [0.1, 0.15) is 35.4 Å². The Morgan fingerprint density at radius 2 is 1.12 bits per heavy atom. The van der Waals surface area contributed by atoms with Gasteiger partial charge in [-0.2, -0.15) is 0 Å². The fraction of sp³-hybridized carbons (Fsp3) is 0.303. The molecule has 0 spiro atoms. The highest BCUT2D eigenvalue weighted by Crippen LogP contribution is 2.23. The number of benzene rings is 3. The van der Waals surface area contributed by atoms with Crippen LogP contribution in [0.3, 0.4) is 0 Å². The number of aromatic nitrogens is 1. The van der Waals surface area contributed by atoms with Crippen LogP contribution >= 0.6 is 0 Å². The summed E-state index contributed by atoms with van der Waals surface area (Å²) in [5, 5.41) is 0. The summed E-state index contributed by atoms with van der Waals surface area (Å²) in [7, 11) is 4.99. The maximum absolute atomic E-state index is 5.79. The zero-order valence-electron chi connectivity index (χ0n) is 24.0. The van der Waals surface area contributed by atoms with Crippen LogP contribution in [-0.2, 0) is 29.2 Å². The van der Waals surface area contributed by atoms with Crippen LogP contribution in [0, 0.1) is 0 Å². The molecule has 8 heteroatoms. The van der Waals surface area contributed by atoms with Crippen molar-refractivity contribution in [1.29, 1.82) is 0 Å². The van der Waals surface area contributed by atoms with Crippen LogP contribution in [-0.4, -0.2) is 52.7 Å². The molecular weight excluding hydrogens is 520 g/mol. The van der Waals surface area contributed by atoms with E-state index in [1.807, 2.05) is 72.9 Å². The molecule has 0 saturated carbocycles. The van der Waals surface area contributed by atoms with Crippen molar-refractivity contribution in [3.8, 4) is 23.0 Å². The highest BCUT2D eigenvalue weighted by Gasteiger charge is 2.12. The van der Waals surface area contributed by atoms with E-state index in [0.717, 1.165) is 45.5 Å². The molecule has 4 aromatic rings. The molecule has 0 bridgehead atoms. The number of pyridine rings is 1. The Balaban J connectivity index is 1.26. The normalized spacial score (nSPS) is 10.7. The molecule has 1 aromatic heterocycles. The van der Waals surface area contributed by atoms with E-state index in [9.17, 15) is 0 Å². The van der Waals surface area contributed by atoms with Gasteiger partial charge in [0.25, 0.3) is 0 Å². The Morgan fingerprint density at radius 1 is 0.561 bits per heavy atom. The molecule has 1 heterocycles. The van der Waals surface area contributed by atoms with Crippen LogP contribution in [0.4, 0.5) is 5.82 Å². The third kappa shape index (κ3) is 9.70. The summed E-state index contributed by atoms with van der Waals surface area (Å²) >= 11 is 0. The average Bonchev–Trinajstić information content (AvgIpc) is 3.02. The topological polar surface area (TPSA) is 71.5 Å². The van der Waals surface area contributed by atoms with Crippen LogP contribution in [0.15, 0.2) is 91.1 Å². The molecule has 216 valence electrons. The van der Waals surface area contributed by atoms with Crippen molar-refractivity contribution in [2.24, 2.45) is 0 Å². The van der Waals surface area contributed by atoms with E-state index in [4.69, 9.17) is 33.4 Å². The monoisotopic (exact) mass is 558 g/mol. The first-order valence-corrected chi connectivity index (χ1v) is 13.5. The number of methoxy groups -OCH3 is 3. The van der Waals surface area contributed by atoms with Gasteiger partial charge in [-0.3, -0.25) is 0 Å². The van der Waals surface area contributed by atoms with Crippen LogP contribution in [0.2, 0.25) is 0 Å². The fourth-order valence-corrected chi connectivity index (χ4v) is 4.21. The minimum Gasteiger partial charge on any atom is -0.497 e. The lowest BCUT2D eigenvalue weighted by Crippen LogP contribution is -2.23. The average molecular weight is 559 g/mol. The zero-order valence-corrected chi connectivity index (χ0v) is 24.0. The highest BCUT2D eigenvalue weighted by atomic mass is 16.5. The second kappa shape index (κ2) is 16.1. The van der Waals surface area contributed by atoms with Gasteiger partial charge in [0.2, 0.25) is 0 Å². The molecule has 0 unspecified atom stereocenters. The second-order valence-corrected chi connectivity index (χ2v) is 9.28. The van der Waals surface area contributed by atoms with E-state index < -0.39 is 0 Å². The molecule has 0 fully saturated rings. The maximum atomic E-state index is 5.79. The Morgan fingerprint density at radius 3 is 1.73 bits per heavy atom. The zero-order chi connectivity index (χ0) is 28.7. The molecule has 0 radical (unpaired) electrons. The summed E-state index contributed by atoms with van der Waals surface area (Å²) in [5.41, 5.74) is 3.27. The molecule has 0 aliphatic rings. The summed E-state index contributed by atoms with van der Waals surface area (Å²) in [5.74, 6) is 4.06. The fourth-order valence-electron chi connectivity index (χ4n) is 4.21. The number of hydrogen-bond donors (Lipinski definition) is 0. The minimum atomic E-state index is 0.459. The molecule has 4 rings (SSSR count). The van der Waals surface area contributed by atoms with Gasteiger partial charge < -0.3 is 33.3 Å². The summed E-state index contributed by atoms with van der Waals surface area (Å²) in [6, 6.07) is 27.8. The molecule has 3 aromatic carbocycles. The van der Waals surface area contributed by atoms with Gasteiger partial charge in [-0.1, -0.05) is 36.4 Å². The summed E-state index contributed by atoms with van der Waals surface area (Å²) < 4.78 is 33.1. The standard InChI is InChI=1S/C33H38N2O6/c1-36-29-9-4-7-26(19-29)23-35(24-27-8-5-10-30(20-27)37-2)33-14-13-28(22-34-33)25-40-16-15-39-17-18-41-32-12-6-11-31(21-32)38-3/h4-14,19-22H,15-18,23-25H2,1-3H3. The molecule has 0 amide bonds. The first-order chi connectivity index (χ1) is 20.2. The Labute approximate surface area is 242 Å². The van der Waals surface area contributed by atoms with Crippen LogP contribution in [0.5, 0.6) is 23.0 Å². The molecular formula is C33H38N2O6. The lowest BCUT2D eigenvalue weighted by molar-refractivity contribution is 0.0303. The number of anilines is 1. The van der Waals surface area contributed by atoms with Crippen LogP contribution in [0.1, 0.15) is 16.7 Å². The van der Waals surface area contributed by atoms with Crippen molar-refractivity contribution >= 4 is 5.82 Å². The van der Waals surface area contributed by atoms with E-state index in [1.54, 1.807) is 21.3 Å². The Hall–Kier alpha value is -4.27. The first-order valence-electron chi connectivity index (χ1n) is 13.5. The molecule has 8 nitrogen and oxygen atoms in total. The molecule has 0 aliphatic carbocycles. The van der Waals surface area contributed by atoms with Crippen LogP contribution in [0.25, 0.3) is 0 Å². The van der Waals surface area contributed by atoms with Crippen molar-refractivity contribution in [2.75, 3.05) is 52.7 Å². The van der Waals surface area contributed by atoms with E-state index >= 15 is 0 Å². The molecule has 0 N–H and O–H groups in total. The van der Waals surface area contributed by atoms with Crippen LogP contribution < -0.4 is 23.8 Å². The summed E-state index contributed by atoms with van der Waals surface area (Å²) in [4.78, 5) is 7.00. The van der Waals surface area contributed by atoms with Gasteiger partial charge in [-0.05, 0) is 59.2 Å². The summed E-state index contributed by atoms with van der Waals surface area (Å²) in [6.45, 7) is 3.73. The quantitative estimate of drug-likeness (QED) is 0.148. The second-order valence-electron chi connectivity index (χ2n) is 9.28. The smallest absolute Gasteiger partial charge is 0.129 e. The van der Waals surface area contributed by atoms with Gasteiger partial charge >= 0.3 is 0 Å². The Bertz CT molecular complexity index is 1280. The van der Waals surface area contributed by atoms with Crippen molar-refractivity contribution in [3.63, 3.8) is 0 Å². The van der Waals surface area contributed by atoms with Gasteiger partial charge in [0.05, 0.1) is 47.8 Å². The third-order valence-corrected chi connectivity index (χ3v) is 6.33. The molecule has 41 heavy (non-hydrogen) atoms. The highest BCUT2D eigenvalue weighted by molar-refractivity contribution is 5.43. The van der Waals surface area contributed by atoms with Gasteiger partial charge in [0.15, 0.2) is 0 Å². The SMILES string of the molecule is COc1cccc(CN(Cc2cccc(OC)c2)c2ccc(COCCOCCOc3cccc(OC)c3)cn2)c1. The van der Waals surface area contributed by atoms with Crippen molar-refractivity contribution in [3.05, 3.63) is 108 Å². The van der Waals surface area contributed by atoms with E-state index in [2.05, 4.69) is 23.1 Å². The van der Waals surface area contributed by atoms with Gasteiger partial charge in [-0.15, -0.1) is 0 Å². The lowest BCUT2D eigenvalue weighted by atomic mass is 10.1. The number of rotatable bonds is 17. The molecule has 0 saturated heterocycles. The van der Waals surface area contributed by atoms with Crippen molar-refractivity contribution in [1.82, 2.24) is 4.98 Å². The van der Waals surface area contributed by atoms with E-state index in [-0.39, 0.29) is 0 Å². The summed E-state index contributed by atoms with van der Waals surface area (Å²) in [6.07, 6.45) is 1.86. The predicted octanol–water partition coefficient (Wildman–Crippen LogP) is 5.93. The molecule has 0 atom stereocenters. The molecule has 0 aliphatic heterocycles. The minimum absolute atomic E-state index is 0.459.